The van der Waals surface area contributed by atoms with E-state index in [4.69, 9.17) is 5.73 Å². The summed E-state index contributed by atoms with van der Waals surface area (Å²) in [6, 6.07) is 7.28. The second-order valence-electron chi connectivity index (χ2n) is 5.68. The maximum absolute atomic E-state index is 12.5. The molecular formula is C17H22ClN5O. The molecule has 24 heavy (non-hydrogen) atoms. The van der Waals surface area contributed by atoms with Gasteiger partial charge in [-0.25, -0.2) is 0 Å². The normalized spacial score (nSPS) is 15.5. The van der Waals surface area contributed by atoms with Crippen LogP contribution in [0.2, 0.25) is 0 Å². The lowest BCUT2D eigenvalue weighted by molar-refractivity contribution is -0.132. The number of aromatic nitrogens is 2. The van der Waals surface area contributed by atoms with E-state index in [2.05, 4.69) is 14.9 Å². The van der Waals surface area contributed by atoms with Gasteiger partial charge in [0.05, 0.1) is 6.04 Å². The third kappa shape index (κ3) is 4.43. The molecule has 1 amide bonds. The Hall–Kier alpha value is -2.18. The minimum Gasteiger partial charge on any atom is -0.368 e. The van der Waals surface area contributed by atoms with E-state index in [0.717, 1.165) is 24.3 Å². The number of rotatable bonds is 4. The van der Waals surface area contributed by atoms with E-state index in [9.17, 15) is 4.79 Å². The van der Waals surface area contributed by atoms with Gasteiger partial charge in [-0.2, -0.15) is 0 Å². The van der Waals surface area contributed by atoms with Crippen LogP contribution in [0.25, 0.3) is 0 Å². The summed E-state index contributed by atoms with van der Waals surface area (Å²) in [5.41, 5.74) is 8.28. The number of hydrogen-bond acceptors (Lipinski definition) is 5. The molecule has 0 bridgehead atoms. The molecule has 0 saturated carbocycles. The van der Waals surface area contributed by atoms with Crippen LogP contribution in [0.15, 0.2) is 49.1 Å². The molecule has 0 radical (unpaired) electrons. The summed E-state index contributed by atoms with van der Waals surface area (Å²) >= 11 is 0. The van der Waals surface area contributed by atoms with Crippen molar-refractivity contribution in [1.82, 2.24) is 14.9 Å². The van der Waals surface area contributed by atoms with Crippen molar-refractivity contribution < 1.29 is 4.79 Å². The van der Waals surface area contributed by atoms with Gasteiger partial charge >= 0.3 is 0 Å². The van der Waals surface area contributed by atoms with Gasteiger partial charge in [-0.05, 0) is 36.2 Å². The molecule has 2 N–H and O–H groups in total. The highest BCUT2D eigenvalue weighted by Gasteiger charge is 2.25. The summed E-state index contributed by atoms with van der Waals surface area (Å²) in [6.07, 6.45) is 7.57. The number of nitrogens with zero attached hydrogens (tertiary/aromatic N) is 4. The smallest absolute Gasteiger partial charge is 0.239 e. The molecule has 3 heterocycles. The molecule has 2 aromatic rings. The van der Waals surface area contributed by atoms with Crippen LogP contribution in [0.5, 0.6) is 0 Å². The topological polar surface area (TPSA) is 75.3 Å². The standard InChI is InChI=1S/C17H21N5O.ClH/c18-16(13-14-1-5-19-6-2-14)17(23)22-11-9-21(10-12-22)15-3-7-20-8-4-15;/h1-8,16H,9-13,18H2;1H. The number of amides is 1. The first-order chi connectivity index (χ1) is 11.2. The zero-order valence-corrected chi connectivity index (χ0v) is 14.2. The van der Waals surface area contributed by atoms with Gasteiger partial charge in [-0.1, -0.05) is 0 Å². The van der Waals surface area contributed by atoms with E-state index in [1.807, 2.05) is 29.2 Å². The molecule has 1 fully saturated rings. The maximum Gasteiger partial charge on any atom is 0.239 e. The zero-order chi connectivity index (χ0) is 16.1. The second-order valence-corrected chi connectivity index (χ2v) is 5.68. The lowest BCUT2D eigenvalue weighted by Gasteiger charge is -2.37. The lowest BCUT2D eigenvalue weighted by Crippen LogP contribution is -2.53. The third-order valence-corrected chi connectivity index (χ3v) is 4.14. The number of carbonyl (C=O) groups is 1. The van der Waals surface area contributed by atoms with Gasteiger partial charge in [-0.15, -0.1) is 12.4 Å². The summed E-state index contributed by atoms with van der Waals surface area (Å²) in [5.74, 6) is 0.0243. The number of pyridine rings is 2. The summed E-state index contributed by atoms with van der Waals surface area (Å²) in [5, 5.41) is 0. The maximum atomic E-state index is 12.5. The highest BCUT2D eigenvalue weighted by atomic mass is 35.5. The van der Waals surface area contributed by atoms with Crippen LogP contribution in [0.4, 0.5) is 5.69 Å². The van der Waals surface area contributed by atoms with Crippen molar-refractivity contribution in [3.8, 4) is 0 Å². The molecule has 0 aliphatic carbocycles. The monoisotopic (exact) mass is 347 g/mol. The Labute approximate surface area is 148 Å². The van der Waals surface area contributed by atoms with Crippen molar-refractivity contribution >= 4 is 24.0 Å². The number of hydrogen-bond donors (Lipinski definition) is 1. The zero-order valence-electron chi connectivity index (χ0n) is 13.4. The van der Waals surface area contributed by atoms with Gasteiger partial charge in [-0.3, -0.25) is 14.8 Å². The Morgan fingerprint density at radius 2 is 1.54 bits per heavy atom. The molecule has 1 aliphatic heterocycles. The predicted molar refractivity (Wildman–Crippen MR) is 96.2 cm³/mol. The van der Waals surface area contributed by atoms with Crippen molar-refractivity contribution in [2.75, 3.05) is 31.1 Å². The van der Waals surface area contributed by atoms with Gasteiger partial charge < -0.3 is 15.5 Å². The molecule has 1 saturated heterocycles. The van der Waals surface area contributed by atoms with Crippen molar-refractivity contribution in [2.24, 2.45) is 5.73 Å². The van der Waals surface area contributed by atoms with Crippen molar-refractivity contribution in [3.05, 3.63) is 54.6 Å². The summed E-state index contributed by atoms with van der Waals surface area (Å²) in [7, 11) is 0. The van der Waals surface area contributed by atoms with Gasteiger partial charge in [0.15, 0.2) is 0 Å². The highest BCUT2D eigenvalue weighted by Crippen LogP contribution is 2.15. The number of nitrogens with two attached hydrogens (primary N) is 1. The van der Waals surface area contributed by atoms with E-state index >= 15 is 0 Å². The van der Waals surface area contributed by atoms with Gasteiger partial charge in [0, 0.05) is 56.7 Å². The van der Waals surface area contributed by atoms with Gasteiger partial charge in [0.2, 0.25) is 5.91 Å². The molecule has 0 aromatic carbocycles. The first-order valence-corrected chi connectivity index (χ1v) is 7.82. The molecule has 128 valence electrons. The van der Waals surface area contributed by atoms with Gasteiger partial charge in [0.25, 0.3) is 0 Å². The molecular weight excluding hydrogens is 326 g/mol. The van der Waals surface area contributed by atoms with E-state index in [1.54, 1.807) is 24.8 Å². The molecule has 1 atom stereocenters. The Bertz CT molecular complexity index is 632. The number of halogens is 1. The van der Waals surface area contributed by atoms with Crippen LogP contribution in [0.3, 0.4) is 0 Å². The first kappa shape index (κ1) is 18.2. The Morgan fingerprint density at radius 3 is 2.12 bits per heavy atom. The fourth-order valence-electron chi connectivity index (χ4n) is 2.83. The van der Waals surface area contributed by atoms with E-state index in [0.29, 0.717) is 19.5 Å². The fourth-order valence-corrected chi connectivity index (χ4v) is 2.83. The van der Waals surface area contributed by atoms with Crippen molar-refractivity contribution in [1.29, 1.82) is 0 Å². The minimum absolute atomic E-state index is 0. The fraction of sp³-hybridized carbons (Fsp3) is 0.353. The molecule has 1 unspecified atom stereocenters. The van der Waals surface area contributed by atoms with E-state index in [-0.39, 0.29) is 18.3 Å². The first-order valence-electron chi connectivity index (χ1n) is 7.82. The third-order valence-electron chi connectivity index (χ3n) is 4.14. The Balaban J connectivity index is 0.00000208. The van der Waals surface area contributed by atoms with Crippen LogP contribution in [0.1, 0.15) is 5.56 Å². The highest BCUT2D eigenvalue weighted by molar-refractivity contribution is 5.85. The lowest BCUT2D eigenvalue weighted by atomic mass is 10.1. The van der Waals surface area contributed by atoms with Crippen molar-refractivity contribution in [2.45, 2.75) is 12.5 Å². The van der Waals surface area contributed by atoms with Crippen LogP contribution in [0, 0.1) is 0 Å². The molecule has 6 nitrogen and oxygen atoms in total. The Morgan fingerprint density at radius 1 is 1.00 bits per heavy atom. The second kappa shape index (κ2) is 8.61. The largest absolute Gasteiger partial charge is 0.368 e. The average molecular weight is 348 g/mol. The number of piperazine rings is 1. The molecule has 3 rings (SSSR count). The molecule has 0 spiro atoms. The summed E-state index contributed by atoms with van der Waals surface area (Å²) in [4.78, 5) is 24.6. The molecule has 1 aliphatic rings. The average Bonchev–Trinajstić information content (AvgIpc) is 2.63. The SMILES string of the molecule is Cl.NC(Cc1ccncc1)C(=O)N1CCN(c2ccncc2)CC1. The van der Waals surface area contributed by atoms with Gasteiger partial charge in [0.1, 0.15) is 0 Å². The summed E-state index contributed by atoms with van der Waals surface area (Å²) < 4.78 is 0. The van der Waals surface area contributed by atoms with Crippen LogP contribution >= 0.6 is 12.4 Å². The van der Waals surface area contributed by atoms with Crippen LogP contribution in [-0.4, -0.2) is 53.0 Å². The van der Waals surface area contributed by atoms with Crippen molar-refractivity contribution in [3.63, 3.8) is 0 Å². The minimum atomic E-state index is -0.495. The quantitative estimate of drug-likeness (QED) is 0.897. The number of carbonyl (C=O) groups excluding carboxylic acids is 1. The van der Waals surface area contributed by atoms with Crippen LogP contribution < -0.4 is 10.6 Å². The van der Waals surface area contributed by atoms with E-state index < -0.39 is 6.04 Å². The van der Waals surface area contributed by atoms with E-state index in [1.165, 1.54) is 0 Å². The Kier molecular flexibility index (Phi) is 6.52. The summed E-state index contributed by atoms with van der Waals surface area (Å²) in [6.45, 7) is 3.03. The number of anilines is 1. The van der Waals surface area contributed by atoms with Crippen LogP contribution in [-0.2, 0) is 11.2 Å². The molecule has 7 heteroatoms. The predicted octanol–water partition coefficient (Wildman–Crippen LogP) is 1.12. The molecule has 2 aromatic heterocycles.